The minimum Gasteiger partial charge on any atom is -0.484 e. The molecule has 28 heavy (non-hydrogen) atoms. The largest absolute Gasteiger partial charge is 0.484 e. The van der Waals surface area contributed by atoms with Crippen LogP contribution < -0.4 is 10.1 Å². The minimum atomic E-state index is -0.623. The Morgan fingerprint density at radius 2 is 1.71 bits per heavy atom. The fraction of sp³-hybridized carbons (Fsp3) is 0.333. The fourth-order valence-electron chi connectivity index (χ4n) is 2.58. The first-order valence-corrected chi connectivity index (χ1v) is 10.6. The molecule has 150 valence electrons. The molecule has 1 atom stereocenters. The summed E-state index contributed by atoms with van der Waals surface area (Å²) in [6, 6.07) is 14.3. The molecule has 2 amide bonds. The molecule has 0 saturated carbocycles. The van der Waals surface area contributed by atoms with Crippen LogP contribution in [0.1, 0.15) is 26.3 Å². The van der Waals surface area contributed by atoms with Crippen LogP contribution in [0.15, 0.2) is 57.5 Å². The van der Waals surface area contributed by atoms with Gasteiger partial charge >= 0.3 is 0 Å². The molecular formula is C21H24Br2N2O3. The fourth-order valence-corrected chi connectivity index (χ4v) is 3.29. The number of nitrogens with one attached hydrogen (secondary N) is 1. The number of carbonyl (C=O) groups excluding carboxylic acids is 2. The number of rotatable bonds is 8. The molecule has 5 nitrogen and oxygen atoms in total. The Hall–Kier alpha value is -1.86. The molecule has 0 bridgehead atoms. The zero-order valence-corrected chi connectivity index (χ0v) is 19.3. The highest BCUT2D eigenvalue weighted by molar-refractivity contribution is 9.10. The van der Waals surface area contributed by atoms with E-state index in [-0.39, 0.29) is 24.5 Å². The lowest BCUT2D eigenvalue weighted by Crippen LogP contribution is -2.50. The number of ether oxygens (including phenoxy) is 1. The summed E-state index contributed by atoms with van der Waals surface area (Å²) < 4.78 is 7.47. The first-order chi connectivity index (χ1) is 13.3. The predicted molar refractivity (Wildman–Crippen MR) is 117 cm³/mol. The second-order valence-electron chi connectivity index (χ2n) is 6.73. The maximum atomic E-state index is 12.9. The first-order valence-electron chi connectivity index (χ1n) is 8.99. The van der Waals surface area contributed by atoms with Gasteiger partial charge in [0.15, 0.2) is 6.61 Å². The van der Waals surface area contributed by atoms with Gasteiger partial charge in [-0.25, -0.2) is 0 Å². The number of carbonyl (C=O) groups is 2. The Balaban J connectivity index is 2.14. The zero-order chi connectivity index (χ0) is 20.7. The highest BCUT2D eigenvalue weighted by atomic mass is 79.9. The van der Waals surface area contributed by atoms with Crippen molar-refractivity contribution in [2.45, 2.75) is 39.4 Å². The van der Waals surface area contributed by atoms with E-state index in [0.717, 1.165) is 14.5 Å². The van der Waals surface area contributed by atoms with Gasteiger partial charge in [0.2, 0.25) is 5.91 Å². The Kier molecular flexibility index (Phi) is 8.51. The predicted octanol–water partition coefficient (Wildman–Crippen LogP) is 4.53. The van der Waals surface area contributed by atoms with Crippen molar-refractivity contribution in [3.8, 4) is 5.75 Å². The quantitative estimate of drug-likeness (QED) is 0.566. The van der Waals surface area contributed by atoms with E-state index in [4.69, 9.17) is 4.74 Å². The Bertz CT molecular complexity index is 810. The number of nitrogens with zero attached hydrogens (tertiary/aromatic N) is 1. The molecular weight excluding hydrogens is 488 g/mol. The average molecular weight is 512 g/mol. The van der Waals surface area contributed by atoms with Gasteiger partial charge in [0.05, 0.1) is 0 Å². The third-order valence-corrected chi connectivity index (χ3v) is 5.04. The summed E-state index contributed by atoms with van der Waals surface area (Å²) in [5, 5.41) is 2.87. The lowest BCUT2D eigenvalue weighted by Gasteiger charge is -2.29. The molecule has 0 spiro atoms. The van der Waals surface area contributed by atoms with Crippen LogP contribution in [-0.4, -0.2) is 35.4 Å². The van der Waals surface area contributed by atoms with Gasteiger partial charge < -0.3 is 15.0 Å². The van der Waals surface area contributed by atoms with Crippen molar-refractivity contribution in [1.82, 2.24) is 10.2 Å². The summed E-state index contributed by atoms with van der Waals surface area (Å²) in [6.07, 6.45) is 0. The monoisotopic (exact) mass is 510 g/mol. The van der Waals surface area contributed by atoms with Crippen LogP contribution in [0.3, 0.4) is 0 Å². The van der Waals surface area contributed by atoms with Crippen molar-refractivity contribution in [2.24, 2.45) is 0 Å². The molecule has 2 aromatic carbocycles. The summed E-state index contributed by atoms with van der Waals surface area (Å²) in [5.41, 5.74) is 0.926. The van der Waals surface area contributed by atoms with Crippen LogP contribution in [0.2, 0.25) is 0 Å². The van der Waals surface area contributed by atoms with Crippen LogP contribution in [0, 0.1) is 0 Å². The second kappa shape index (κ2) is 10.6. The number of benzene rings is 2. The van der Waals surface area contributed by atoms with E-state index >= 15 is 0 Å². The smallest absolute Gasteiger partial charge is 0.261 e. The third kappa shape index (κ3) is 6.95. The van der Waals surface area contributed by atoms with Crippen LogP contribution in [0.5, 0.6) is 5.75 Å². The van der Waals surface area contributed by atoms with Gasteiger partial charge in [0.25, 0.3) is 5.91 Å². The van der Waals surface area contributed by atoms with E-state index in [0.29, 0.717) is 12.3 Å². The molecule has 0 aliphatic rings. The Morgan fingerprint density at radius 1 is 1.04 bits per heavy atom. The second-order valence-corrected chi connectivity index (χ2v) is 8.56. The van der Waals surface area contributed by atoms with Gasteiger partial charge in [-0.05, 0) is 62.7 Å². The lowest BCUT2D eigenvalue weighted by atomic mass is 10.1. The molecule has 0 saturated heterocycles. The Morgan fingerprint density at radius 3 is 2.32 bits per heavy atom. The zero-order valence-electron chi connectivity index (χ0n) is 16.1. The van der Waals surface area contributed by atoms with Crippen molar-refractivity contribution in [3.05, 3.63) is 63.0 Å². The normalized spacial score (nSPS) is 11.8. The Labute approximate surface area is 182 Å². The van der Waals surface area contributed by atoms with Crippen LogP contribution in [0.25, 0.3) is 0 Å². The van der Waals surface area contributed by atoms with Crippen LogP contribution in [-0.2, 0) is 16.1 Å². The van der Waals surface area contributed by atoms with E-state index < -0.39 is 6.04 Å². The average Bonchev–Trinajstić information content (AvgIpc) is 2.64. The van der Waals surface area contributed by atoms with Crippen molar-refractivity contribution < 1.29 is 14.3 Å². The molecule has 7 heteroatoms. The van der Waals surface area contributed by atoms with Gasteiger partial charge in [-0.15, -0.1) is 0 Å². The minimum absolute atomic E-state index is 0.00297. The highest BCUT2D eigenvalue weighted by Gasteiger charge is 2.26. The maximum Gasteiger partial charge on any atom is 0.261 e. The van der Waals surface area contributed by atoms with Crippen LogP contribution in [0.4, 0.5) is 0 Å². The molecule has 2 aromatic rings. The first kappa shape index (κ1) is 22.4. The lowest BCUT2D eigenvalue weighted by molar-refractivity contribution is -0.142. The summed E-state index contributed by atoms with van der Waals surface area (Å²) in [5.74, 6) is 0.148. The van der Waals surface area contributed by atoms with E-state index in [1.54, 1.807) is 24.0 Å². The molecule has 0 radical (unpaired) electrons. The summed E-state index contributed by atoms with van der Waals surface area (Å²) >= 11 is 6.81. The number of halogens is 2. The van der Waals surface area contributed by atoms with Gasteiger partial charge in [-0.1, -0.05) is 44.0 Å². The maximum absolute atomic E-state index is 12.9. The van der Waals surface area contributed by atoms with Crippen molar-refractivity contribution in [3.63, 3.8) is 0 Å². The van der Waals surface area contributed by atoms with Gasteiger partial charge in [0.1, 0.15) is 11.8 Å². The number of amides is 2. The van der Waals surface area contributed by atoms with Crippen LogP contribution >= 0.6 is 31.9 Å². The molecule has 2 rings (SSSR count). The highest BCUT2D eigenvalue weighted by Crippen LogP contribution is 2.18. The molecule has 0 aliphatic heterocycles. The van der Waals surface area contributed by atoms with E-state index in [1.165, 1.54) is 0 Å². The summed E-state index contributed by atoms with van der Waals surface area (Å²) in [7, 11) is 0. The topological polar surface area (TPSA) is 58.6 Å². The molecule has 0 aliphatic carbocycles. The number of hydrogen-bond acceptors (Lipinski definition) is 3. The molecule has 0 aromatic heterocycles. The SMILES string of the molecule is CC(C)NC(=O)[C@H](C)N(Cc1cccc(Br)c1)C(=O)COc1ccc(Br)cc1. The van der Waals surface area contributed by atoms with Gasteiger partial charge in [-0.2, -0.15) is 0 Å². The standard InChI is InChI=1S/C21H24Br2N2O3/c1-14(2)24-21(27)15(3)25(12-16-5-4-6-18(23)11-16)20(26)13-28-19-9-7-17(22)8-10-19/h4-11,14-15H,12-13H2,1-3H3,(H,24,27)/t15-/m0/s1. The third-order valence-electron chi connectivity index (χ3n) is 4.02. The summed E-state index contributed by atoms with van der Waals surface area (Å²) in [6.45, 7) is 5.68. The van der Waals surface area contributed by atoms with Crippen molar-refractivity contribution in [2.75, 3.05) is 6.61 Å². The molecule has 1 N–H and O–H groups in total. The number of hydrogen-bond donors (Lipinski definition) is 1. The molecule has 0 unspecified atom stereocenters. The van der Waals surface area contributed by atoms with E-state index in [2.05, 4.69) is 37.2 Å². The summed E-state index contributed by atoms with van der Waals surface area (Å²) in [4.78, 5) is 27.0. The van der Waals surface area contributed by atoms with Gasteiger partial charge in [0, 0.05) is 21.5 Å². The van der Waals surface area contributed by atoms with Crippen molar-refractivity contribution in [1.29, 1.82) is 0 Å². The van der Waals surface area contributed by atoms with Crippen molar-refractivity contribution >= 4 is 43.7 Å². The van der Waals surface area contributed by atoms with Gasteiger partial charge in [-0.3, -0.25) is 9.59 Å². The molecule has 0 heterocycles. The van der Waals surface area contributed by atoms with E-state index in [1.807, 2.05) is 50.2 Å². The molecule has 0 fully saturated rings. The van der Waals surface area contributed by atoms with E-state index in [9.17, 15) is 9.59 Å².